The van der Waals surface area contributed by atoms with Gasteiger partial charge in [0.15, 0.2) is 0 Å². The lowest BCUT2D eigenvalue weighted by atomic mass is 9.97. The number of para-hydroxylation sites is 2. The van der Waals surface area contributed by atoms with Crippen molar-refractivity contribution in [2.45, 2.75) is 39.7 Å². The normalized spacial score (nSPS) is 15.8. The van der Waals surface area contributed by atoms with Gasteiger partial charge in [0.25, 0.3) is 0 Å². The summed E-state index contributed by atoms with van der Waals surface area (Å²) in [4.78, 5) is 26.8. The first-order chi connectivity index (χ1) is 13.0. The lowest BCUT2D eigenvalue weighted by Gasteiger charge is -2.36. The summed E-state index contributed by atoms with van der Waals surface area (Å²) in [6.07, 6.45) is 2.06. The van der Waals surface area contributed by atoms with Crippen LogP contribution >= 0.6 is 0 Å². The third-order valence-electron chi connectivity index (χ3n) is 5.17. The molecule has 5 nitrogen and oxygen atoms in total. The van der Waals surface area contributed by atoms with E-state index in [1.165, 1.54) is 5.56 Å². The zero-order chi connectivity index (χ0) is 19.4. The van der Waals surface area contributed by atoms with Crippen LogP contribution in [0.5, 0.6) is 0 Å². The number of nitrogens with one attached hydrogen (secondary N) is 2. The highest BCUT2D eigenvalue weighted by Crippen LogP contribution is 2.29. The number of rotatable bonds is 5. The van der Waals surface area contributed by atoms with E-state index >= 15 is 0 Å². The maximum Gasteiger partial charge on any atom is 0.243 e. The molecule has 2 aromatic carbocycles. The highest BCUT2D eigenvalue weighted by atomic mass is 16.2. The molecule has 0 aromatic heterocycles. The van der Waals surface area contributed by atoms with Gasteiger partial charge in [0.1, 0.15) is 0 Å². The smallest absolute Gasteiger partial charge is 0.243 e. The Kier molecular flexibility index (Phi) is 5.79. The second-order valence-electron chi connectivity index (χ2n) is 7.24. The average molecular weight is 365 g/mol. The van der Waals surface area contributed by atoms with Gasteiger partial charge in [-0.3, -0.25) is 9.59 Å². The van der Waals surface area contributed by atoms with Crippen LogP contribution in [0.25, 0.3) is 0 Å². The van der Waals surface area contributed by atoms with Crippen molar-refractivity contribution in [2.24, 2.45) is 0 Å². The van der Waals surface area contributed by atoms with E-state index in [0.29, 0.717) is 6.04 Å². The molecule has 0 radical (unpaired) electrons. The van der Waals surface area contributed by atoms with Crippen molar-refractivity contribution in [1.29, 1.82) is 0 Å². The third-order valence-corrected chi connectivity index (χ3v) is 5.17. The Hall–Kier alpha value is -2.82. The highest BCUT2D eigenvalue weighted by molar-refractivity contribution is 5.96. The standard InChI is InChI=1S/C22H27N3O2/c1-15-7-6-8-16(2)22(15)24-20(26)13-23-21(27)14-25-17(3)11-12-18-9-4-5-10-19(18)25/h4-10,17H,11-14H2,1-3H3,(H,23,27)(H,24,26)/t17-/m0/s1. The minimum absolute atomic E-state index is 0.0313. The number of benzene rings is 2. The molecule has 0 saturated heterocycles. The lowest BCUT2D eigenvalue weighted by Crippen LogP contribution is -2.45. The molecule has 0 aliphatic carbocycles. The van der Waals surface area contributed by atoms with E-state index in [1.54, 1.807) is 0 Å². The van der Waals surface area contributed by atoms with E-state index in [9.17, 15) is 9.59 Å². The fraction of sp³-hybridized carbons (Fsp3) is 0.364. The molecular formula is C22H27N3O2. The molecular weight excluding hydrogens is 338 g/mol. The van der Waals surface area contributed by atoms with Crippen LogP contribution in [0.4, 0.5) is 11.4 Å². The van der Waals surface area contributed by atoms with Crippen LogP contribution < -0.4 is 15.5 Å². The van der Waals surface area contributed by atoms with Gasteiger partial charge >= 0.3 is 0 Å². The molecule has 0 fully saturated rings. The van der Waals surface area contributed by atoms with Gasteiger partial charge in [-0.1, -0.05) is 36.4 Å². The predicted molar refractivity (Wildman–Crippen MR) is 109 cm³/mol. The molecule has 5 heteroatoms. The van der Waals surface area contributed by atoms with E-state index in [-0.39, 0.29) is 24.9 Å². The number of carbonyl (C=O) groups excluding carboxylic acids is 2. The zero-order valence-electron chi connectivity index (χ0n) is 16.2. The molecule has 2 amide bonds. The molecule has 27 heavy (non-hydrogen) atoms. The molecule has 3 rings (SSSR count). The van der Waals surface area contributed by atoms with E-state index in [4.69, 9.17) is 0 Å². The Labute approximate surface area is 160 Å². The predicted octanol–water partition coefficient (Wildman–Crippen LogP) is 3.20. The van der Waals surface area contributed by atoms with Crippen LogP contribution in [0.15, 0.2) is 42.5 Å². The Morgan fingerprint density at radius 1 is 1.04 bits per heavy atom. The minimum Gasteiger partial charge on any atom is -0.359 e. The Bertz CT molecular complexity index is 827. The van der Waals surface area contributed by atoms with Gasteiger partial charge in [-0.05, 0) is 56.4 Å². The molecule has 2 N–H and O–H groups in total. The molecule has 0 saturated carbocycles. The Morgan fingerprint density at radius 2 is 1.74 bits per heavy atom. The van der Waals surface area contributed by atoms with E-state index in [2.05, 4.69) is 34.6 Å². The van der Waals surface area contributed by atoms with Crippen molar-refractivity contribution < 1.29 is 9.59 Å². The molecule has 1 heterocycles. The Morgan fingerprint density at radius 3 is 2.48 bits per heavy atom. The molecule has 1 aliphatic rings. The van der Waals surface area contributed by atoms with Gasteiger partial charge in [-0.25, -0.2) is 0 Å². The monoisotopic (exact) mass is 365 g/mol. The summed E-state index contributed by atoms with van der Waals surface area (Å²) < 4.78 is 0. The van der Waals surface area contributed by atoms with Gasteiger partial charge in [-0.2, -0.15) is 0 Å². The molecule has 0 unspecified atom stereocenters. The quantitative estimate of drug-likeness (QED) is 0.855. The van der Waals surface area contributed by atoms with Crippen molar-refractivity contribution in [3.8, 4) is 0 Å². The summed E-state index contributed by atoms with van der Waals surface area (Å²) in [5, 5.41) is 5.64. The number of amides is 2. The van der Waals surface area contributed by atoms with Gasteiger partial charge in [0.05, 0.1) is 13.1 Å². The average Bonchev–Trinajstić information content (AvgIpc) is 2.65. The second kappa shape index (κ2) is 8.25. The number of nitrogens with zero attached hydrogens (tertiary/aromatic N) is 1. The maximum absolute atomic E-state index is 12.4. The van der Waals surface area contributed by atoms with Crippen LogP contribution in [0.3, 0.4) is 0 Å². The molecule has 2 aromatic rings. The van der Waals surface area contributed by atoms with Crippen molar-refractivity contribution in [3.63, 3.8) is 0 Å². The summed E-state index contributed by atoms with van der Waals surface area (Å²) in [5.74, 6) is -0.358. The molecule has 1 aliphatic heterocycles. The van der Waals surface area contributed by atoms with Crippen molar-refractivity contribution in [2.75, 3.05) is 23.3 Å². The Balaban J connectivity index is 1.56. The van der Waals surface area contributed by atoms with Crippen LogP contribution in [-0.2, 0) is 16.0 Å². The van der Waals surface area contributed by atoms with Gasteiger partial charge in [-0.15, -0.1) is 0 Å². The van der Waals surface area contributed by atoms with E-state index < -0.39 is 0 Å². The zero-order valence-corrected chi connectivity index (χ0v) is 16.2. The lowest BCUT2D eigenvalue weighted by molar-refractivity contribution is -0.123. The SMILES string of the molecule is Cc1cccc(C)c1NC(=O)CNC(=O)CN1c2ccccc2CC[C@@H]1C. The number of fused-ring (bicyclic) bond motifs is 1. The number of hydrogen-bond donors (Lipinski definition) is 2. The van der Waals surface area contributed by atoms with Crippen LogP contribution in [0.1, 0.15) is 30.0 Å². The highest BCUT2D eigenvalue weighted by Gasteiger charge is 2.24. The van der Waals surface area contributed by atoms with Gasteiger partial charge in [0.2, 0.25) is 11.8 Å². The first-order valence-electron chi connectivity index (χ1n) is 9.43. The first-order valence-corrected chi connectivity index (χ1v) is 9.43. The summed E-state index contributed by atoms with van der Waals surface area (Å²) >= 11 is 0. The third kappa shape index (κ3) is 4.48. The summed E-state index contributed by atoms with van der Waals surface area (Å²) in [5.41, 5.74) is 5.22. The van der Waals surface area contributed by atoms with Crippen molar-refractivity contribution in [3.05, 3.63) is 59.2 Å². The minimum atomic E-state index is -0.215. The summed E-state index contributed by atoms with van der Waals surface area (Å²) in [7, 11) is 0. The number of anilines is 2. The topological polar surface area (TPSA) is 61.4 Å². The largest absolute Gasteiger partial charge is 0.359 e. The number of aryl methyl sites for hydroxylation is 3. The fourth-order valence-electron chi connectivity index (χ4n) is 3.59. The molecule has 0 spiro atoms. The van der Waals surface area contributed by atoms with E-state index in [1.807, 2.05) is 44.2 Å². The summed E-state index contributed by atoms with van der Waals surface area (Å²) in [6.45, 7) is 6.27. The van der Waals surface area contributed by atoms with Gasteiger partial charge in [0, 0.05) is 17.4 Å². The number of hydrogen-bond acceptors (Lipinski definition) is 3. The van der Waals surface area contributed by atoms with Crippen LogP contribution in [0, 0.1) is 13.8 Å². The van der Waals surface area contributed by atoms with E-state index in [0.717, 1.165) is 35.3 Å². The maximum atomic E-state index is 12.4. The number of carbonyl (C=O) groups is 2. The van der Waals surface area contributed by atoms with Crippen molar-refractivity contribution >= 4 is 23.2 Å². The molecule has 1 atom stereocenters. The first kappa shape index (κ1) is 19.0. The second-order valence-corrected chi connectivity index (χ2v) is 7.24. The summed E-state index contributed by atoms with van der Waals surface area (Å²) in [6, 6.07) is 14.4. The fourth-order valence-corrected chi connectivity index (χ4v) is 3.59. The molecule has 0 bridgehead atoms. The van der Waals surface area contributed by atoms with Crippen LogP contribution in [0.2, 0.25) is 0 Å². The van der Waals surface area contributed by atoms with Crippen molar-refractivity contribution in [1.82, 2.24) is 5.32 Å². The van der Waals surface area contributed by atoms with Crippen LogP contribution in [-0.4, -0.2) is 30.9 Å². The molecule has 142 valence electrons. The van der Waals surface area contributed by atoms with Gasteiger partial charge < -0.3 is 15.5 Å².